The maximum atomic E-state index is 11.2. The second-order valence-electron chi connectivity index (χ2n) is 8.10. The molecule has 0 atom stereocenters. The third-order valence-corrected chi connectivity index (χ3v) is 6.40. The van der Waals surface area contributed by atoms with Crippen LogP contribution in [0.25, 0.3) is 0 Å². The molecule has 0 spiro atoms. The van der Waals surface area contributed by atoms with E-state index in [0.717, 1.165) is 47.5 Å². The number of aliphatic carboxylic acids is 1. The molecule has 178 valence electrons. The Hall–Kier alpha value is -3.25. The zero-order valence-electron chi connectivity index (χ0n) is 19.1. The molecule has 0 aliphatic rings. The van der Waals surface area contributed by atoms with Gasteiger partial charge < -0.3 is 14.9 Å². The zero-order chi connectivity index (χ0) is 24.2. The first-order valence-corrected chi connectivity index (χ1v) is 12.4. The molecular weight excluding hydrogens is 448 g/mol. The van der Waals surface area contributed by atoms with Gasteiger partial charge >= 0.3 is 11.9 Å². The van der Waals surface area contributed by atoms with Crippen LogP contribution in [0.15, 0.2) is 82.6 Å². The van der Waals surface area contributed by atoms with Crippen molar-refractivity contribution in [2.75, 3.05) is 6.61 Å². The van der Waals surface area contributed by atoms with Crippen molar-refractivity contribution in [1.82, 2.24) is 0 Å². The molecule has 0 aliphatic carbocycles. The van der Waals surface area contributed by atoms with Gasteiger partial charge in [-0.3, -0.25) is 4.79 Å². The molecule has 0 aromatic heterocycles. The van der Waals surface area contributed by atoms with E-state index in [1.807, 2.05) is 30.3 Å². The lowest BCUT2D eigenvalue weighted by Crippen LogP contribution is -2.03. The summed E-state index contributed by atoms with van der Waals surface area (Å²) in [6, 6.07) is 23.0. The highest BCUT2D eigenvalue weighted by Gasteiger charge is 2.10. The Morgan fingerprint density at radius 2 is 1.53 bits per heavy atom. The molecule has 0 amide bonds. The molecule has 0 radical (unpaired) electrons. The molecule has 6 heteroatoms. The summed E-state index contributed by atoms with van der Waals surface area (Å²) in [5.74, 6) is -1.10. The normalized spacial score (nSPS) is 10.7. The predicted molar refractivity (Wildman–Crippen MR) is 134 cm³/mol. The molecule has 0 saturated heterocycles. The van der Waals surface area contributed by atoms with E-state index < -0.39 is 11.9 Å². The smallest absolute Gasteiger partial charge is 0.335 e. The fourth-order valence-electron chi connectivity index (χ4n) is 3.64. The first-order chi connectivity index (χ1) is 16.5. The van der Waals surface area contributed by atoms with Crippen LogP contribution in [0.2, 0.25) is 0 Å². The number of benzene rings is 3. The van der Waals surface area contributed by atoms with Crippen molar-refractivity contribution < 1.29 is 24.5 Å². The molecule has 0 aliphatic heterocycles. The lowest BCUT2D eigenvalue weighted by molar-refractivity contribution is -0.136. The number of aryl methyl sites for hydroxylation is 2. The van der Waals surface area contributed by atoms with Gasteiger partial charge in [-0.15, -0.1) is 0 Å². The summed E-state index contributed by atoms with van der Waals surface area (Å²) in [6.45, 7) is 0.596. The van der Waals surface area contributed by atoms with E-state index in [-0.39, 0.29) is 12.0 Å². The summed E-state index contributed by atoms with van der Waals surface area (Å²) >= 11 is 1.45. The molecule has 0 bridgehead atoms. The summed E-state index contributed by atoms with van der Waals surface area (Å²) < 4.78 is 6.01. The van der Waals surface area contributed by atoms with Crippen molar-refractivity contribution in [2.45, 2.75) is 54.7 Å². The van der Waals surface area contributed by atoms with Gasteiger partial charge in [-0.2, -0.15) is 0 Å². The Bertz CT molecular complexity index is 1080. The van der Waals surface area contributed by atoms with E-state index in [4.69, 9.17) is 9.84 Å². The van der Waals surface area contributed by atoms with Crippen molar-refractivity contribution in [3.63, 3.8) is 0 Å². The molecule has 0 heterocycles. The van der Waals surface area contributed by atoms with E-state index in [1.54, 1.807) is 18.2 Å². The van der Waals surface area contributed by atoms with Gasteiger partial charge in [0.2, 0.25) is 0 Å². The number of carbonyl (C=O) groups is 2. The van der Waals surface area contributed by atoms with Crippen LogP contribution in [-0.4, -0.2) is 28.8 Å². The van der Waals surface area contributed by atoms with E-state index in [1.165, 1.54) is 17.3 Å². The minimum atomic E-state index is -0.964. The lowest BCUT2D eigenvalue weighted by atomic mass is 10.1. The van der Waals surface area contributed by atoms with Gasteiger partial charge in [-0.25, -0.2) is 4.79 Å². The molecule has 34 heavy (non-hydrogen) atoms. The predicted octanol–water partition coefficient (Wildman–Crippen LogP) is 6.74. The van der Waals surface area contributed by atoms with Crippen LogP contribution in [0.5, 0.6) is 5.75 Å². The minimum Gasteiger partial charge on any atom is -0.493 e. The van der Waals surface area contributed by atoms with Gasteiger partial charge in [0.1, 0.15) is 5.75 Å². The molecule has 5 nitrogen and oxygen atoms in total. The van der Waals surface area contributed by atoms with Crippen molar-refractivity contribution in [2.24, 2.45) is 0 Å². The molecule has 3 aromatic carbocycles. The van der Waals surface area contributed by atoms with E-state index in [2.05, 4.69) is 24.3 Å². The van der Waals surface area contributed by atoms with Gasteiger partial charge in [0.15, 0.2) is 0 Å². The van der Waals surface area contributed by atoms with Crippen LogP contribution >= 0.6 is 11.8 Å². The van der Waals surface area contributed by atoms with Gasteiger partial charge in [0.05, 0.1) is 12.2 Å². The van der Waals surface area contributed by atoms with E-state index in [0.29, 0.717) is 18.8 Å². The molecule has 0 saturated carbocycles. The third kappa shape index (κ3) is 8.60. The van der Waals surface area contributed by atoms with Gasteiger partial charge in [0.25, 0.3) is 0 Å². The molecule has 0 fully saturated rings. The first kappa shape index (κ1) is 25.4. The second kappa shape index (κ2) is 13.5. The SMILES string of the molecule is O=C(O)CCc1cc(Sc2cccc(C(=O)O)c2)ccc1OCCCCCCc1ccccc1. The minimum absolute atomic E-state index is 0.0263. The maximum Gasteiger partial charge on any atom is 0.335 e. The van der Waals surface area contributed by atoms with Crippen molar-refractivity contribution in [3.8, 4) is 5.75 Å². The van der Waals surface area contributed by atoms with Crippen molar-refractivity contribution >= 4 is 23.7 Å². The van der Waals surface area contributed by atoms with Gasteiger partial charge in [-0.05, 0) is 73.2 Å². The monoisotopic (exact) mass is 478 g/mol. The first-order valence-electron chi connectivity index (χ1n) is 11.5. The number of ether oxygens (including phenoxy) is 1. The fourth-order valence-corrected chi connectivity index (χ4v) is 4.58. The van der Waals surface area contributed by atoms with Crippen LogP contribution in [0.3, 0.4) is 0 Å². The molecule has 2 N–H and O–H groups in total. The summed E-state index contributed by atoms with van der Waals surface area (Å²) in [4.78, 5) is 24.1. The number of hydrogen-bond acceptors (Lipinski definition) is 4. The van der Waals surface area contributed by atoms with Gasteiger partial charge in [0, 0.05) is 16.2 Å². The Balaban J connectivity index is 1.53. The second-order valence-corrected chi connectivity index (χ2v) is 9.24. The Labute approximate surface area is 204 Å². The molecular formula is C28H30O5S. The number of rotatable bonds is 14. The summed E-state index contributed by atoms with van der Waals surface area (Å²) in [5, 5.41) is 18.3. The molecule has 3 rings (SSSR count). The zero-order valence-corrected chi connectivity index (χ0v) is 19.9. The van der Waals surface area contributed by atoms with Gasteiger partial charge in [-0.1, -0.05) is 61.0 Å². The summed E-state index contributed by atoms with van der Waals surface area (Å²) in [7, 11) is 0. The standard InChI is InChI=1S/C28H30O5S/c29-27(30)17-14-22-19-25(34-24-13-8-12-23(20-24)28(31)32)15-16-26(22)33-18-7-2-1-4-9-21-10-5-3-6-11-21/h3,5-6,8,10-13,15-16,19-20H,1-2,4,7,9,14,17-18H2,(H,29,30)(H,31,32). The quantitative estimate of drug-likeness (QED) is 0.250. The highest BCUT2D eigenvalue weighted by atomic mass is 32.2. The molecule has 0 unspecified atom stereocenters. The lowest BCUT2D eigenvalue weighted by Gasteiger charge is -2.13. The van der Waals surface area contributed by atoms with Crippen LogP contribution in [0.4, 0.5) is 0 Å². The number of carboxylic acids is 2. The number of unbranched alkanes of at least 4 members (excludes halogenated alkanes) is 3. The topological polar surface area (TPSA) is 83.8 Å². The largest absolute Gasteiger partial charge is 0.493 e. The third-order valence-electron chi connectivity index (χ3n) is 5.42. The Morgan fingerprint density at radius 1 is 0.765 bits per heavy atom. The van der Waals surface area contributed by atoms with Crippen LogP contribution in [-0.2, 0) is 17.6 Å². The summed E-state index contributed by atoms with van der Waals surface area (Å²) in [6.07, 6.45) is 5.84. The number of aromatic carboxylic acids is 1. The average Bonchev–Trinajstić information content (AvgIpc) is 2.84. The number of carboxylic acid groups (broad SMARTS) is 2. The maximum absolute atomic E-state index is 11.2. The molecule has 3 aromatic rings. The van der Waals surface area contributed by atoms with Crippen LogP contribution in [0, 0.1) is 0 Å². The van der Waals surface area contributed by atoms with E-state index >= 15 is 0 Å². The Kier molecular flexibility index (Phi) is 10.0. The van der Waals surface area contributed by atoms with Crippen LogP contribution in [0.1, 0.15) is 53.6 Å². The fraction of sp³-hybridized carbons (Fsp3) is 0.286. The summed E-state index contributed by atoms with van der Waals surface area (Å²) in [5.41, 5.74) is 2.46. The van der Waals surface area contributed by atoms with E-state index in [9.17, 15) is 14.7 Å². The average molecular weight is 479 g/mol. The Morgan fingerprint density at radius 3 is 2.29 bits per heavy atom. The van der Waals surface area contributed by atoms with Crippen LogP contribution < -0.4 is 4.74 Å². The van der Waals surface area contributed by atoms with Crippen molar-refractivity contribution in [1.29, 1.82) is 0 Å². The van der Waals surface area contributed by atoms with Crippen molar-refractivity contribution in [3.05, 3.63) is 89.5 Å². The number of hydrogen-bond donors (Lipinski definition) is 2. The highest BCUT2D eigenvalue weighted by Crippen LogP contribution is 2.32. The highest BCUT2D eigenvalue weighted by molar-refractivity contribution is 7.99.